The van der Waals surface area contributed by atoms with E-state index in [0.29, 0.717) is 5.69 Å². The lowest BCUT2D eigenvalue weighted by Gasteiger charge is -2.11. The fraction of sp³-hybridized carbons (Fsp3) is 0.429. The zero-order valence-corrected chi connectivity index (χ0v) is 11.1. The summed E-state index contributed by atoms with van der Waals surface area (Å²) < 4.78 is 0. The van der Waals surface area contributed by atoms with Crippen molar-refractivity contribution in [3.05, 3.63) is 29.8 Å². The topological polar surface area (TPSA) is 58.2 Å². The van der Waals surface area contributed by atoms with Crippen LogP contribution in [0.5, 0.6) is 0 Å². The molecule has 0 spiro atoms. The van der Waals surface area contributed by atoms with Gasteiger partial charge < -0.3 is 10.6 Å². The fourth-order valence-electron chi connectivity index (χ4n) is 1.42. The second-order valence-corrected chi connectivity index (χ2v) is 4.47. The third kappa shape index (κ3) is 4.99. The van der Waals surface area contributed by atoms with Crippen molar-refractivity contribution in [1.82, 2.24) is 5.32 Å². The number of nitrogens with one attached hydrogen (secondary N) is 2. The monoisotopic (exact) mass is 248 g/mol. The van der Waals surface area contributed by atoms with Gasteiger partial charge >= 0.3 is 0 Å². The van der Waals surface area contributed by atoms with Crippen LogP contribution in [0.2, 0.25) is 0 Å². The van der Waals surface area contributed by atoms with Gasteiger partial charge in [0.2, 0.25) is 11.8 Å². The second-order valence-electron chi connectivity index (χ2n) is 4.47. The Morgan fingerprint density at radius 1 is 1.17 bits per heavy atom. The van der Waals surface area contributed by atoms with Gasteiger partial charge in [-0.15, -0.1) is 0 Å². The summed E-state index contributed by atoms with van der Waals surface area (Å²) in [5.41, 5.74) is 1.84. The zero-order valence-electron chi connectivity index (χ0n) is 11.1. The van der Waals surface area contributed by atoms with Crippen LogP contribution in [0, 0.1) is 6.92 Å². The minimum Gasteiger partial charge on any atom is -0.353 e. The van der Waals surface area contributed by atoms with Crippen molar-refractivity contribution in [2.24, 2.45) is 0 Å². The predicted octanol–water partition coefficient (Wildman–Crippen LogP) is 2.24. The molecule has 0 bridgehead atoms. The average Bonchev–Trinajstić information content (AvgIpc) is 2.31. The molecule has 4 heteroatoms. The van der Waals surface area contributed by atoms with Gasteiger partial charge in [-0.1, -0.05) is 24.6 Å². The van der Waals surface area contributed by atoms with Gasteiger partial charge in [-0.2, -0.15) is 0 Å². The molecule has 0 radical (unpaired) electrons. The van der Waals surface area contributed by atoms with E-state index in [-0.39, 0.29) is 24.3 Å². The van der Waals surface area contributed by atoms with Crippen LogP contribution in [0.4, 0.5) is 5.69 Å². The van der Waals surface area contributed by atoms with Crippen molar-refractivity contribution in [3.8, 4) is 0 Å². The van der Waals surface area contributed by atoms with Gasteiger partial charge in [-0.25, -0.2) is 0 Å². The summed E-state index contributed by atoms with van der Waals surface area (Å²) in [6.45, 7) is 5.87. The molecule has 98 valence electrons. The van der Waals surface area contributed by atoms with Crippen LogP contribution < -0.4 is 10.6 Å². The summed E-state index contributed by atoms with van der Waals surface area (Å²) in [5.74, 6) is -0.534. The predicted molar refractivity (Wildman–Crippen MR) is 72.3 cm³/mol. The normalized spacial score (nSPS) is 11.7. The van der Waals surface area contributed by atoms with Crippen LogP contribution in [0.1, 0.15) is 32.3 Å². The third-order valence-electron chi connectivity index (χ3n) is 2.68. The maximum absolute atomic E-state index is 11.6. The molecule has 0 aliphatic rings. The average molecular weight is 248 g/mol. The molecule has 2 N–H and O–H groups in total. The van der Waals surface area contributed by atoms with Gasteiger partial charge in [-0.3, -0.25) is 9.59 Å². The Hall–Kier alpha value is -1.84. The highest BCUT2D eigenvalue weighted by Gasteiger charge is 2.11. The molecular weight excluding hydrogens is 228 g/mol. The number of hydrogen-bond donors (Lipinski definition) is 2. The molecule has 1 unspecified atom stereocenters. The van der Waals surface area contributed by atoms with Crippen molar-refractivity contribution in [2.45, 2.75) is 39.7 Å². The Morgan fingerprint density at radius 3 is 2.33 bits per heavy atom. The van der Waals surface area contributed by atoms with Crippen LogP contribution >= 0.6 is 0 Å². The minimum atomic E-state index is -0.292. The summed E-state index contributed by atoms with van der Waals surface area (Å²) >= 11 is 0. The van der Waals surface area contributed by atoms with Gasteiger partial charge in [0, 0.05) is 11.7 Å². The Bertz CT molecular complexity index is 412. The number of amides is 2. The van der Waals surface area contributed by atoms with Crippen molar-refractivity contribution in [2.75, 3.05) is 5.32 Å². The molecule has 4 nitrogen and oxygen atoms in total. The van der Waals surface area contributed by atoms with E-state index < -0.39 is 0 Å². The van der Waals surface area contributed by atoms with Crippen LogP contribution in [0.3, 0.4) is 0 Å². The standard InChI is InChI=1S/C14H20N2O2/c1-4-11(3)15-13(17)9-14(18)16-12-7-5-10(2)6-8-12/h5-8,11H,4,9H2,1-3H3,(H,15,17)(H,16,18). The Balaban J connectivity index is 2.42. The summed E-state index contributed by atoms with van der Waals surface area (Å²) in [7, 11) is 0. The summed E-state index contributed by atoms with van der Waals surface area (Å²) in [4.78, 5) is 23.1. The van der Waals surface area contributed by atoms with Gasteiger partial charge in [0.25, 0.3) is 0 Å². The van der Waals surface area contributed by atoms with E-state index in [1.807, 2.05) is 45.0 Å². The first-order chi connectivity index (χ1) is 8.51. The van der Waals surface area contributed by atoms with Crippen LogP contribution in [-0.4, -0.2) is 17.9 Å². The van der Waals surface area contributed by atoms with E-state index in [4.69, 9.17) is 0 Å². The lowest BCUT2D eigenvalue weighted by Crippen LogP contribution is -2.34. The molecule has 0 fully saturated rings. The molecule has 0 aliphatic carbocycles. The number of benzene rings is 1. The van der Waals surface area contributed by atoms with Crippen LogP contribution in [-0.2, 0) is 9.59 Å². The first-order valence-electron chi connectivity index (χ1n) is 6.17. The number of hydrogen-bond acceptors (Lipinski definition) is 2. The quantitative estimate of drug-likeness (QED) is 0.785. The maximum atomic E-state index is 11.6. The highest BCUT2D eigenvalue weighted by Crippen LogP contribution is 2.08. The molecule has 1 rings (SSSR count). The Kier molecular flexibility index (Phi) is 5.36. The molecule has 2 amide bonds. The lowest BCUT2D eigenvalue weighted by atomic mass is 10.2. The molecule has 18 heavy (non-hydrogen) atoms. The van der Waals surface area contributed by atoms with Gasteiger partial charge in [0.15, 0.2) is 0 Å². The molecule has 1 aromatic rings. The van der Waals surface area contributed by atoms with E-state index >= 15 is 0 Å². The first kappa shape index (κ1) is 14.2. The number of carbonyl (C=O) groups excluding carboxylic acids is 2. The van der Waals surface area contributed by atoms with Crippen LogP contribution in [0.15, 0.2) is 24.3 Å². The summed E-state index contributed by atoms with van der Waals surface area (Å²) in [5, 5.41) is 5.45. The maximum Gasteiger partial charge on any atom is 0.233 e. The number of rotatable bonds is 5. The molecule has 0 saturated carbocycles. The molecule has 0 aromatic heterocycles. The van der Waals surface area contributed by atoms with Gasteiger partial charge in [-0.05, 0) is 32.4 Å². The molecule has 1 aromatic carbocycles. The molecule has 1 atom stereocenters. The number of anilines is 1. The van der Waals surface area contributed by atoms with Crippen molar-refractivity contribution in [1.29, 1.82) is 0 Å². The van der Waals surface area contributed by atoms with E-state index in [2.05, 4.69) is 10.6 Å². The SMILES string of the molecule is CCC(C)NC(=O)CC(=O)Nc1ccc(C)cc1. The summed E-state index contributed by atoms with van der Waals surface area (Å²) in [6, 6.07) is 7.56. The minimum absolute atomic E-state index is 0.102. The molecule has 0 saturated heterocycles. The van der Waals surface area contributed by atoms with Gasteiger partial charge in [0.05, 0.1) is 0 Å². The zero-order chi connectivity index (χ0) is 13.5. The highest BCUT2D eigenvalue weighted by molar-refractivity contribution is 6.03. The molecule has 0 heterocycles. The van der Waals surface area contributed by atoms with E-state index in [1.54, 1.807) is 0 Å². The smallest absolute Gasteiger partial charge is 0.233 e. The van der Waals surface area contributed by atoms with Crippen molar-refractivity contribution in [3.63, 3.8) is 0 Å². The Morgan fingerprint density at radius 2 is 1.78 bits per heavy atom. The van der Waals surface area contributed by atoms with E-state index in [0.717, 1.165) is 12.0 Å². The van der Waals surface area contributed by atoms with Crippen LogP contribution in [0.25, 0.3) is 0 Å². The summed E-state index contributed by atoms with van der Waals surface area (Å²) in [6.07, 6.45) is 0.712. The number of aryl methyl sites for hydroxylation is 1. The van der Waals surface area contributed by atoms with E-state index in [9.17, 15) is 9.59 Å². The lowest BCUT2D eigenvalue weighted by molar-refractivity contribution is -0.127. The largest absolute Gasteiger partial charge is 0.353 e. The Labute approximate surface area is 108 Å². The second kappa shape index (κ2) is 6.79. The highest BCUT2D eigenvalue weighted by atomic mass is 16.2. The molecular formula is C14H20N2O2. The van der Waals surface area contributed by atoms with E-state index in [1.165, 1.54) is 0 Å². The van der Waals surface area contributed by atoms with Crippen molar-refractivity contribution >= 4 is 17.5 Å². The fourth-order valence-corrected chi connectivity index (χ4v) is 1.42. The molecule has 0 aliphatic heterocycles. The number of carbonyl (C=O) groups is 2. The van der Waals surface area contributed by atoms with Crippen molar-refractivity contribution < 1.29 is 9.59 Å². The third-order valence-corrected chi connectivity index (χ3v) is 2.68. The van der Waals surface area contributed by atoms with Gasteiger partial charge in [0.1, 0.15) is 6.42 Å². The first-order valence-corrected chi connectivity index (χ1v) is 6.17.